The zero-order valence-corrected chi connectivity index (χ0v) is 13.3. The minimum absolute atomic E-state index is 0.0679. The Morgan fingerprint density at radius 1 is 1.17 bits per heavy atom. The van der Waals surface area contributed by atoms with Crippen LogP contribution in [0.25, 0.3) is 0 Å². The quantitative estimate of drug-likeness (QED) is 0.795. The van der Waals surface area contributed by atoms with Crippen molar-refractivity contribution in [1.82, 2.24) is 14.7 Å². The Balaban J connectivity index is 1.56. The van der Waals surface area contributed by atoms with Gasteiger partial charge in [0.1, 0.15) is 17.9 Å². The van der Waals surface area contributed by atoms with E-state index in [9.17, 15) is 0 Å². The number of aromatic nitrogens is 2. The molecule has 0 N–H and O–H groups in total. The van der Waals surface area contributed by atoms with Gasteiger partial charge in [-0.05, 0) is 43.5 Å². The van der Waals surface area contributed by atoms with E-state index in [1.54, 1.807) is 6.20 Å². The third-order valence-corrected chi connectivity index (χ3v) is 5.11. The van der Waals surface area contributed by atoms with Crippen molar-refractivity contribution in [1.29, 1.82) is 0 Å². The molecule has 2 aromatic rings. The molecule has 2 bridgehead atoms. The summed E-state index contributed by atoms with van der Waals surface area (Å²) in [5.41, 5.74) is 1.16. The highest BCUT2D eigenvalue weighted by Crippen LogP contribution is 2.34. The van der Waals surface area contributed by atoms with Crippen molar-refractivity contribution >= 4 is 0 Å². The van der Waals surface area contributed by atoms with Crippen LogP contribution in [0.3, 0.4) is 0 Å². The first-order valence-corrected chi connectivity index (χ1v) is 8.43. The number of nitrogens with zero attached hydrogens (tertiary/aromatic N) is 3. The first-order chi connectivity index (χ1) is 11.3. The van der Waals surface area contributed by atoms with Crippen molar-refractivity contribution in [2.45, 2.75) is 25.0 Å². The molecule has 0 spiro atoms. The summed E-state index contributed by atoms with van der Waals surface area (Å²) in [6, 6.07) is 12.2. The second-order valence-electron chi connectivity index (χ2n) is 6.56. The summed E-state index contributed by atoms with van der Waals surface area (Å²) in [6.07, 6.45) is 6.54. The summed E-state index contributed by atoms with van der Waals surface area (Å²) in [6.45, 7) is 7.74. The highest BCUT2D eigenvalue weighted by atomic mass is 16.5. The predicted molar refractivity (Wildman–Crippen MR) is 90.0 cm³/mol. The molecule has 0 aliphatic carbocycles. The number of hydrogen-bond donors (Lipinski definition) is 0. The highest BCUT2D eigenvalue weighted by molar-refractivity contribution is 5.25. The molecule has 1 aromatic carbocycles. The number of hydrogen-bond acceptors (Lipinski definition) is 3. The van der Waals surface area contributed by atoms with Gasteiger partial charge in [-0.1, -0.05) is 36.9 Å². The molecule has 0 amide bonds. The summed E-state index contributed by atoms with van der Waals surface area (Å²) in [5, 5.41) is 4.42. The molecule has 4 nitrogen and oxygen atoms in total. The third-order valence-electron chi connectivity index (χ3n) is 5.11. The zero-order chi connectivity index (χ0) is 15.6. The third kappa shape index (κ3) is 2.91. The fraction of sp³-hybridized carbons (Fsp3) is 0.421. The van der Waals surface area contributed by atoms with E-state index in [4.69, 9.17) is 4.74 Å². The number of fused-ring (bicyclic) bond motifs is 3. The molecule has 23 heavy (non-hydrogen) atoms. The second-order valence-corrected chi connectivity index (χ2v) is 6.56. The largest absolute Gasteiger partial charge is 0.491 e. The van der Waals surface area contributed by atoms with E-state index < -0.39 is 0 Å². The Bertz CT molecular complexity index is 645. The van der Waals surface area contributed by atoms with Crippen LogP contribution in [-0.4, -0.2) is 40.4 Å². The molecule has 3 aliphatic heterocycles. The Morgan fingerprint density at radius 3 is 2.57 bits per heavy atom. The van der Waals surface area contributed by atoms with Gasteiger partial charge < -0.3 is 4.74 Å². The Labute approximate surface area is 137 Å². The monoisotopic (exact) mass is 309 g/mol. The van der Waals surface area contributed by atoms with Crippen LogP contribution in [0.15, 0.2) is 61.1 Å². The molecule has 120 valence electrons. The topological polar surface area (TPSA) is 30.3 Å². The van der Waals surface area contributed by atoms with Gasteiger partial charge in [0, 0.05) is 18.9 Å². The summed E-state index contributed by atoms with van der Waals surface area (Å²) in [7, 11) is 0. The fourth-order valence-corrected chi connectivity index (χ4v) is 3.86. The van der Waals surface area contributed by atoms with Crippen LogP contribution in [0.5, 0.6) is 0 Å². The van der Waals surface area contributed by atoms with Crippen molar-refractivity contribution in [3.63, 3.8) is 0 Å². The lowest BCUT2D eigenvalue weighted by atomic mass is 9.86. The Morgan fingerprint density at radius 2 is 1.96 bits per heavy atom. The number of ether oxygens (including phenoxy) is 1. The van der Waals surface area contributed by atoms with E-state index in [1.165, 1.54) is 25.9 Å². The minimum atomic E-state index is -0.0679. The van der Waals surface area contributed by atoms with Crippen LogP contribution in [0, 0.1) is 5.92 Å². The second kappa shape index (κ2) is 6.20. The van der Waals surface area contributed by atoms with E-state index in [0.29, 0.717) is 5.92 Å². The molecule has 4 heterocycles. The molecule has 2 unspecified atom stereocenters. The molecule has 3 saturated heterocycles. The van der Waals surface area contributed by atoms with Crippen LogP contribution >= 0.6 is 0 Å². The van der Waals surface area contributed by atoms with E-state index in [1.807, 2.05) is 35.1 Å². The van der Waals surface area contributed by atoms with Gasteiger partial charge in [0.25, 0.3) is 0 Å². The van der Waals surface area contributed by atoms with E-state index in [-0.39, 0.29) is 12.1 Å². The molecule has 0 saturated carbocycles. The maximum Gasteiger partial charge on any atom is 0.133 e. The highest BCUT2D eigenvalue weighted by Gasteiger charge is 2.36. The van der Waals surface area contributed by atoms with Gasteiger partial charge in [0.2, 0.25) is 0 Å². The molecular formula is C19H23N3O. The smallest absolute Gasteiger partial charge is 0.133 e. The standard InChI is InChI=1S/C19H23N3O/c1-15(23-18-14-21-12-8-16(18)9-13-21)19(22-11-5-10-20-22)17-6-3-2-4-7-17/h2-7,10-11,16,18-19H,1,8-9,12-14H2. The zero-order valence-electron chi connectivity index (χ0n) is 13.3. The molecule has 3 fully saturated rings. The molecule has 2 atom stereocenters. The molecular weight excluding hydrogens is 286 g/mol. The van der Waals surface area contributed by atoms with Crippen LogP contribution < -0.4 is 0 Å². The van der Waals surface area contributed by atoms with Crippen molar-refractivity contribution in [2.24, 2.45) is 5.92 Å². The van der Waals surface area contributed by atoms with Crippen LogP contribution in [0.2, 0.25) is 0 Å². The van der Waals surface area contributed by atoms with Crippen LogP contribution in [0.1, 0.15) is 24.4 Å². The minimum Gasteiger partial charge on any atom is -0.491 e. The normalized spacial score (nSPS) is 27.6. The maximum atomic E-state index is 6.37. The van der Waals surface area contributed by atoms with Crippen molar-refractivity contribution in [2.75, 3.05) is 19.6 Å². The molecule has 3 aliphatic rings. The first kappa shape index (κ1) is 14.5. The molecule has 1 aromatic heterocycles. The van der Waals surface area contributed by atoms with E-state index >= 15 is 0 Å². The van der Waals surface area contributed by atoms with Crippen LogP contribution in [0.4, 0.5) is 0 Å². The average Bonchev–Trinajstić information content (AvgIpc) is 3.11. The van der Waals surface area contributed by atoms with Gasteiger partial charge >= 0.3 is 0 Å². The number of rotatable bonds is 5. The van der Waals surface area contributed by atoms with Gasteiger partial charge in [-0.2, -0.15) is 5.10 Å². The van der Waals surface area contributed by atoms with Gasteiger partial charge in [-0.25, -0.2) is 0 Å². The van der Waals surface area contributed by atoms with Crippen molar-refractivity contribution in [3.8, 4) is 0 Å². The molecule has 5 rings (SSSR count). The van der Waals surface area contributed by atoms with Gasteiger partial charge in [0.15, 0.2) is 0 Å². The first-order valence-electron chi connectivity index (χ1n) is 8.43. The lowest BCUT2D eigenvalue weighted by molar-refractivity contribution is -0.0466. The summed E-state index contributed by atoms with van der Waals surface area (Å²) in [4.78, 5) is 2.50. The van der Waals surface area contributed by atoms with Crippen molar-refractivity contribution in [3.05, 3.63) is 66.7 Å². The fourth-order valence-electron chi connectivity index (χ4n) is 3.86. The van der Waals surface area contributed by atoms with E-state index in [2.05, 4.69) is 28.7 Å². The lowest BCUT2D eigenvalue weighted by Crippen LogP contribution is -2.51. The summed E-state index contributed by atoms with van der Waals surface area (Å²) >= 11 is 0. The van der Waals surface area contributed by atoms with Gasteiger partial charge in [-0.3, -0.25) is 9.58 Å². The maximum absolute atomic E-state index is 6.37. The number of allylic oxidation sites excluding steroid dienone is 1. The number of benzene rings is 1. The summed E-state index contributed by atoms with van der Waals surface area (Å²) in [5.74, 6) is 1.46. The summed E-state index contributed by atoms with van der Waals surface area (Å²) < 4.78 is 8.30. The van der Waals surface area contributed by atoms with Gasteiger partial charge in [0.05, 0.1) is 0 Å². The molecule has 0 radical (unpaired) electrons. The Kier molecular flexibility index (Phi) is 3.92. The van der Waals surface area contributed by atoms with Crippen molar-refractivity contribution < 1.29 is 4.74 Å². The lowest BCUT2D eigenvalue weighted by Gasteiger charge is -2.45. The number of piperidine rings is 3. The Hall–Kier alpha value is -2.07. The predicted octanol–water partition coefficient (Wildman–Crippen LogP) is 3.10. The molecule has 4 heteroatoms. The van der Waals surface area contributed by atoms with Crippen LogP contribution in [-0.2, 0) is 4.74 Å². The van der Waals surface area contributed by atoms with E-state index in [0.717, 1.165) is 17.9 Å². The average molecular weight is 309 g/mol. The SMILES string of the molecule is C=C(OC1CN2CCC1CC2)C(c1ccccc1)n1cccn1. The van der Waals surface area contributed by atoms with Gasteiger partial charge in [-0.15, -0.1) is 0 Å².